The fourth-order valence-electron chi connectivity index (χ4n) is 4.68. The summed E-state index contributed by atoms with van der Waals surface area (Å²) in [5.41, 5.74) is 2.71. The van der Waals surface area contributed by atoms with Crippen LogP contribution in [0.2, 0.25) is 0 Å². The fourth-order valence-corrected chi connectivity index (χ4v) is 4.68. The van der Waals surface area contributed by atoms with Gasteiger partial charge in [-0.05, 0) is 48.2 Å². The predicted molar refractivity (Wildman–Crippen MR) is 161 cm³/mol. The van der Waals surface area contributed by atoms with E-state index in [0.29, 0.717) is 13.0 Å². The van der Waals surface area contributed by atoms with Crippen molar-refractivity contribution >= 4 is 17.6 Å². The van der Waals surface area contributed by atoms with Gasteiger partial charge in [-0.2, -0.15) is 0 Å². The van der Waals surface area contributed by atoms with Crippen LogP contribution in [0.3, 0.4) is 0 Å². The van der Waals surface area contributed by atoms with Gasteiger partial charge in [0.05, 0.1) is 13.2 Å². The molecule has 0 heterocycles. The van der Waals surface area contributed by atoms with Gasteiger partial charge in [0.2, 0.25) is 5.91 Å². The quantitative estimate of drug-likeness (QED) is 0.118. The van der Waals surface area contributed by atoms with Crippen molar-refractivity contribution in [3.8, 4) is 5.75 Å². The molecule has 0 atom stereocenters. The van der Waals surface area contributed by atoms with Gasteiger partial charge in [-0.3, -0.25) is 9.59 Å². The third kappa shape index (κ3) is 14.2. The molecule has 2 aromatic carbocycles. The van der Waals surface area contributed by atoms with Crippen LogP contribution in [0.25, 0.3) is 0 Å². The molecule has 2 aromatic rings. The van der Waals surface area contributed by atoms with E-state index >= 15 is 0 Å². The van der Waals surface area contributed by atoms with Gasteiger partial charge in [-0.15, -0.1) is 0 Å². The van der Waals surface area contributed by atoms with Crippen LogP contribution >= 0.6 is 0 Å². The Morgan fingerprint density at radius 3 is 1.92 bits per heavy atom. The van der Waals surface area contributed by atoms with Crippen LogP contribution < -0.4 is 9.64 Å². The number of carbonyl (C=O) groups excluding carboxylic acids is 2. The normalized spacial score (nSPS) is 10.8. The highest BCUT2D eigenvalue weighted by Gasteiger charge is 2.16. The van der Waals surface area contributed by atoms with Gasteiger partial charge in [0.15, 0.2) is 0 Å². The predicted octanol–water partition coefficient (Wildman–Crippen LogP) is 9.16. The molecule has 5 heteroatoms. The van der Waals surface area contributed by atoms with Crippen molar-refractivity contribution in [2.45, 2.75) is 124 Å². The molecule has 0 aliphatic rings. The number of hydrogen-bond donors (Lipinski definition) is 0. The van der Waals surface area contributed by atoms with Crippen molar-refractivity contribution in [2.24, 2.45) is 0 Å². The van der Waals surface area contributed by atoms with Gasteiger partial charge in [0.1, 0.15) is 12.4 Å². The molecule has 0 aliphatic carbocycles. The molecule has 1 amide bonds. The molecule has 0 N–H and O–H groups in total. The van der Waals surface area contributed by atoms with Crippen molar-refractivity contribution in [1.82, 2.24) is 0 Å². The fraction of sp³-hybridized carbons (Fsp3) is 0.588. The van der Waals surface area contributed by atoms with E-state index in [1.807, 2.05) is 60.4 Å². The number of unbranched alkanes of at least 4 members (excludes halogenated alkanes) is 11. The van der Waals surface area contributed by atoms with Gasteiger partial charge in [0.25, 0.3) is 0 Å². The van der Waals surface area contributed by atoms with E-state index in [4.69, 9.17) is 9.47 Å². The SMILES string of the molecule is CCCCCCCCCCCCCCOc1ccc(CN(C(=O)CCC)c2cccc(COC(C)=O)c2)cc1. The lowest BCUT2D eigenvalue weighted by Gasteiger charge is -2.24. The summed E-state index contributed by atoms with van der Waals surface area (Å²) in [4.78, 5) is 26.0. The van der Waals surface area contributed by atoms with Crippen LogP contribution in [0.15, 0.2) is 48.5 Å². The highest BCUT2D eigenvalue weighted by atomic mass is 16.5. The third-order valence-corrected chi connectivity index (χ3v) is 6.96. The van der Waals surface area contributed by atoms with Crippen LogP contribution in [0.1, 0.15) is 122 Å². The Bertz CT molecular complexity index is 940. The summed E-state index contributed by atoms with van der Waals surface area (Å²) in [6.45, 7) is 7.10. The molecular weight excluding hydrogens is 486 g/mol. The van der Waals surface area contributed by atoms with Crippen molar-refractivity contribution < 1.29 is 19.1 Å². The molecule has 0 saturated heterocycles. The van der Waals surface area contributed by atoms with E-state index in [0.717, 1.165) is 42.0 Å². The summed E-state index contributed by atoms with van der Waals surface area (Å²) in [6.07, 6.45) is 17.3. The van der Waals surface area contributed by atoms with Crippen LogP contribution in [0.5, 0.6) is 5.75 Å². The van der Waals surface area contributed by atoms with Crippen molar-refractivity contribution in [1.29, 1.82) is 0 Å². The molecule has 0 bridgehead atoms. The van der Waals surface area contributed by atoms with E-state index in [-0.39, 0.29) is 18.5 Å². The number of hydrogen-bond acceptors (Lipinski definition) is 4. The summed E-state index contributed by atoms with van der Waals surface area (Å²) in [5, 5.41) is 0. The van der Waals surface area contributed by atoms with E-state index in [1.54, 1.807) is 0 Å². The number of anilines is 1. The first kappa shape index (κ1) is 32.4. The second kappa shape index (κ2) is 20.1. The summed E-state index contributed by atoms with van der Waals surface area (Å²) >= 11 is 0. The number of ether oxygens (including phenoxy) is 2. The minimum absolute atomic E-state index is 0.0782. The molecule has 2 rings (SSSR count). The summed E-state index contributed by atoms with van der Waals surface area (Å²) < 4.78 is 11.1. The maximum atomic E-state index is 13.0. The Labute approximate surface area is 237 Å². The summed E-state index contributed by atoms with van der Waals surface area (Å²) in [7, 11) is 0. The second-order valence-corrected chi connectivity index (χ2v) is 10.6. The Kier molecular flexibility index (Phi) is 16.7. The van der Waals surface area contributed by atoms with Crippen molar-refractivity contribution in [3.05, 3.63) is 59.7 Å². The number of rotatable bonds is 21. The lowest BCUT2D eigenvalue weighted by Crippen LogP contribution is -2.30. The molecule has 0 fully saturated rings. The standard InChI is InChI=1S/C34H51NO4/c1-4-6-7-8-9-10-11-12-13-14-15-16-25-38-33-23-21-30(22-24-33)27-35(34(37)18-5-2)32-20-17-19-31(26-32)28-39-29(3)36/h17,19-24,26H,4-16,18,25,27-28H2,1-3H3. The van der Waals surface area contributed by atoms with Crippen molar-refractivity contribution in [3.63, 3.8) is 0 Å². The zero-order valence-electron chi connectivity index (χ0n) is 24.7. The van der Waals surface area contributed by atoms with E-state index in [1.165, 1.54) is 77.6 Å². The smallest absolute Gasteiger partial charge is 0.302 e. The largest absolute Gasteiger partial charge is 0.494 e. The Hall–Kier alpha value is -2.82. The number of carbonyl (C=O) groups is 2. The molecule has 216 valence electrons. The van der Waals surface area contributed by atoms with Gasteiger partial charge < -0.3 is 14.4 Å². The topological polar surface area (TPSA) is 55.8 Å². The highest BCUT2D eigenvalue weighted by molar-refractivity contribution is 5.93. The number of benzene rings is 2. The Morgan fingerprint density at radius 2 is 1.33 bits per heavy atom. The van der Waals surface area contributed by atoms with E-state index < -0.39 is 0 Å². The minimum atomic E-state index is -0.319. The molecule has 0 radical (unpaired) electrons. The first-order valence-corrected chi connectivity index (χ1v) is 15.3. The first-order valence-electron chi connectivity index (χ1n) is 15.3. The molecule has 0 unspecified atom stereocenters. The monoisotopic (exact) mass is 537 g/mol. The van der Waals surface area contributed by atoms with Crippen molar-refractivity contribution in [2.75, 3.05) is 11.5 Å². The van der Waals surface area contributed by atoms with Crippen LogP contribution in [0, 0.1) is 0 Å². The van der Waals surface area contributed by atoms with E-state index in [2.05, 4.69) is 6.92 Å². The Balaban J connectivity index is 1.73. The first-order chi connectivity index (χ1) is 19.0. The molecule has 5 nitrogen and oxygen atoms in total. The number of esters is 1. The van der Waals surface area contributed by atoms with Crippen LogP contribution in [0.4, 0.5) is 5.69 Å². The van der Waals surface area contributed by atoms with Gasteiger partial charge in [-0.25, -0.2) is 0 Å². The number of nitrogens with zero attached hydrogens (tertiary/aromatic N) is 1. The molecule has 0 spiro atoms. The van der Waals surface area contributed by atoms with E-state index in [9.17, 15) is 9.59 Å². The maximum absolute atomic E-state index is 13.0. The minimum Gasteiger partial charge on any atom is -0.494 e. The van der Waals surface area contributed by atoms with Gasteiger partial charge >= 0.3 is 5.97 Å². The molecule has 0 aromatic heterocycles. The Morgan fingerprint density at radius 1 is 0.718 bits per heavy atom. The third-order valence-electron chi connectivity index (χ3n) is 6.96. The van der Waals surface area contributed by atoms with Crippen LogP contribution in [-0.2, 0) is 27.5 Å². The highest BCUT2D eigenvalue weighted by Crippen LogP contribution is 2.23. The average Bonchev–Trinajstić information content (AvgIpc) is 2.94. The van der Waals surface area contributed by atoms with Gasteiger partial charge in [-0.1, -0.05) is 109 Å². The lowest BCUT2D eigenvalue weighted by molar-refractivity contribution is -0.142. The maximum Gasteiger partial charge on any atom is 0.302 e. The van der Waals surface area contributed by atoms with Gasteiger partial charge in [0, 0.05) is 19.0 Å². The average molecular weight is 538 g/mol. The molecule has 0 aliphatic heterocycles. The molecular formula is C34H51NO4. The number of amides is 1. The zero-order valence-corrected chi connectivity index (χ0v) is 24.7. The molecule has 0 saturated carbocycles. The van der Waals surface area contributed by atoms with Crippen LogP contribution in [-0.4, -0.2) is 18.5 Å². The zero-order chi connectivity index (χ0) is 28.1. The second-order valence-electron chi connectivity index (χ2n) is 10.6. The summed E-state index contributed by atoms with van der Waals surface area (Å²) in [6, 6.07) is 15.7. The molecule has 39 heavy (non-hydrogen) atoms. The lowest BCUT2D eigenvalue weighted by atomic mass is 10.1. The summed E-state index contributed by atoms with van der Waals surface area (Å²) in [5.74, 6) is 0.631.